The number of alkyl halides is 3. The van der Waals surface area contributed by atoms with Gasteiger partial charge in [0.1, 0.15) is 0 Å². The molecule has 2 heterocycles. The Balaban J connectivity index is 1.82. The predicted molar refractivity (Wildman–Crippen MR) is 134 cm³/mol. The summed E-state index contributed by atoms with van der Waals surface area (Å²) in [4.78, 5) is 20.0. The van der Waals surface area contributed by atoms with Crippen LogP contribution in [0.2, 0.25) is 5.02 Å². The summed E-state index contributed by atoms with van der Waals surface area (Å²) >= 11 is 9.41. The Morgan fingerprint density at radius 2 is 2.03 bits per heavy atom. The molecule has 188 valence electrons. The van der Waals surface area contributed by atoms with E-state index in [9.17, 15) is 22.2 Å². The first-order chi connectivity index (χ1) is 16.5. The van der Waals surface area contributed by atoms with Crippen molar-refractivity contribution in [2.45, 2.75) is 43.5 Å². The topological polar surface area (TPSA) is 81.2 Å². The van der Waals surface area contributed by atoms with Gasteiger partial charge in [0.05, 0.1) is 40.1 Å². The molecular formula is C23H23BrClF3N4O2S. The summed E-state index contributed by atoms with van der Waals surface area (Å²) in [6.45, 7) is 2.87. The van der Waals surface area contributed by atoms with Gasteiger partial charge in [-0.15, -0.1) is 0 Å². The van der Waals surface area contributed by atoms with Gasteiger partial charge in [0.15, 0.2) is 0 Å². The van der Waals surface area contributed by atoms with Crippen LogP contribution in [0.1, 0.15) is 30.0 Å². The first kappa shape index (κ1) is 26.3. The summed E-state index contributed by atoms with van der Waals surface area (Å²) in [5, 5.41) is 0.237. The zero-order chi connectivity index (χ0) is 25.5. The van der Waals surface area contributed by atoms with Crippen LogP contribution in [0.4, 0.5) is 13.2 Å². The molecule has 2 atom stereocenters. The molecule has 2 aromatic carbocycles. The van der Waals surface area contributed by atoms with Crippen molar-refractivity contribution in [1.29, 1.82) is 0 Å². The molecule has 1 aliphatic rings. The lowest BCUT2D eigenvalue weighted by atomic mass is 10.0. The van der Waals surface area contributed by atoms with Crippen LogP contribution >= 0.6 is 27.5 Å². The number of likely N-dealkylation sites (tertiary alicyclic amines) is 1. The largest absolute Gasteiger partial charge is 0.416 e. The number of halogens is 5. The van der Waals surface area contributed by atoms with E-state index in [0.717, 1.165) is 6.07 Å². The zero-order valence-corrected chi connectivity index (χ0v) is 21.9. The molecule has 12 heteroatoms. The van der Waals surface area contributed by atoms with Crippen molar-refractivity contribution in [1.82, 2.24) is 14.5 Å². The van der Waals surface area contributed by atoms with Gasteiger partial charge >= 0.3 is 6.18 Å². The Bertz CT molecular complexity index is 1370. The van der Waals surface area contributed by atoms with Gasteiger partial charge in [-0.2, -0.15) is 13.2 Å². The van der Waals surface area contributed by atoms with Crippen LogP contribution in [-0.2, 0) is 30.1 Å². The van der Waals surface area contributed by atoms with Gasteiger partial charge in [0.2, 0.25) is 0 Å². The third-order valence-corrected chi connectivity index (χ3v) is 8.53. The second-order valence-corrected chi connectivity index (χ2v) is 11.4. The molecule has 1 aliphatic heterocycles. The fourth-order valence-electron chi connectivity index (χ4n) is 4.29. The molecule has 0 amide bonds. The van der Waals surface area contributed by atoms with E-state index >= 15 is 0 Å². The predicted octanol–water partition coefficient (Wildman–Crippen LogP) is 4.54. The lowest BCUT2D eigenvalue weighted by Gasteiger charge is -2.21. The summed E-state index contributed by atoms with van der Waals surface area (Å²) in [6, 6.07) is 5.64. The van der Waals surface area contributed by atoms with Crippen molar-refractivity contribution in [3.8, 4) is 0 Å². The van der Waals surface area contributed by atoms with Crippen LogP contribution in [-0.4, -0.2) is 43.5 Å². The minimum atomic E-state index is -4.67. The van der Waals surface area contributed by atoms with E-state index in [2.05, 4.69) is 20.9 Å². The molecule has 1 aromatic heterocycles. The van der Waals surface area contributed by atoms with Gasteiger partial charge in [-0.1, -0.05) is 18.5 Å². The van der Waals surface area contributed by atoms with E-state index in [0.29, 0.717) is 40.7 Å². The quantitative estimate of drug-likeness (QED) is 0.455. The average Bonchev–Trinajstić information content (AvgIpc) is 3.21. The Hall–Kier alpha value is -1.79. The number of rotatable bonds is 6. The van der Waals surface area contributed by atoms with Crippen LogP contribution in [0.25, 0.3) is 10.9 Å². The number of benzene rings is 2. The van der Waals surface area contributed by atoms with Crippen molar-refractivity contribution >= 4 is 49.2 Å². The van der Waals surface area contributed by atoms with Crippen LogP contribution in [0, 0.1) is 0 Å². The van der Waals surface area contributed by atoms with E-state index in [1.54, 1.807) is 25.1 Å². The standard InChI is InChI=1S/C23H23BrClF3N4O2S/c1-2-35(34)19-4-3-14(25)7-13(19)9-32-12-30-21-16(22(32)33)8-18(23(26,27)28)17(20(21)24)11-31-6-5-15(29)10-31/h3-4,7-8,12,15H,2,5-6,9-11,29H2,1H3/t15-,35?/m1/s1. The highest BCUT2D eigenvalue weighted by atomic mass is 79.9. The molecule has 1 saturated heterocycles. The lowest BCUT2D eigenvalue weighted by molar-refractivity contribution is -0.138. The second kappa shape index (κ2) is 10.3. The Labute approximate surface area is 215 Å². The van der Waals surface area contributed by atoms with Gasteiger partial charge in [-0.05, 0) is 57.7 Å². The van der Waals surface area contributed by atoms with Crippen molar-refractivity contribution in [2.75, 3.05) is 18.8 Å². The van der Waals surface area contributed by atoms with Crippen LogP contribution in [0.15, 0.2) is 44.8 Å². The minimum Gasteiger partial charge on any atom is -0.326 e. The zero-order valence-electron chi connectivity index (χ0n) is 18.7. The molecule has 0 bridgehead atoms. The fraction of sp³-hybridized carbons (Fsp3) is 0.391. The van der Waals surface area contributed by atoms with Crippen molar-refractivity contribution in [3.05, 3.63) is 67.1 Å². The highest BCUT2D eigenvalue weighted by molar-refractivity contribution is 9.10. The van der Waals surface area contributed by atoms with E-state index in [1.165, 1.54) is 10.9 Å². The maximum atomic E-state index is 14.1. The number of hydrogen-bond acceptors (Lipinski definition) is 5. The smallest absolute Gasteiger partial charge is 0.326 e. The molecule has 6 nitrogen and oxygen atoms in total. The van der Waals surface area contributed by atoms with Crippen molar-refractivity contribution < 1.29 is 17.4 Å². The van der Waals surface area contributed by atoms with Gasteiger partial charge < -0.3 is 5.73 Å². The van der Waals surface area contributed by atoms with Crippen LogP contribution in [0.5, 0.6) is 0 Å². The summed E-state index contributed by atoms with van der Waals surface area (Å²) < 4.78 is 56.0. The van der Waals surface area contributed by atoms with Gasteiger partial charge in [0, 0.05) is 45.8 Å². The highest BCUT2D eigenvalue weighted by Gasteiger charge is 2.36. The van der Waals surface area contributed by atoms with E-state index < -0.39 is 28.1 Å². The number of nitrogens with zero attached hydrogens (tertiary/aromatic N) is 3. The number of nitrogens with two attached hydrogens (primary N) is 1. The fourth-order valence-corrected chi connectivity index (χ4v) is 6.08. The minimum absolute atomic E-state index is 0.0271. The van der Waals surface area contributed by atoms with Crippen LogP contribution in [0.3, 0.4) is 0 Å². The summed E-state index contributed by atoms with van der Waals surface area (Å²) in [5.41, 5.74) is 5.12. The Kier molecular flexibility index (Phi) is 7.73. The third kappa shape index (κ3) is 5.48. The van der Waals surface area contributed by atoms with E-state index in [-0.39, 0.29) is 40.1 Å². The molecule has 3 aromatic rings. The normalized spacial score (nSPS) is 17.9. The molecule has 0 aliphatic carbocycles. The average molecular weight is 592 g/mol. The molecule has 1 unspecified atom stereocenters. The first-order valence-electron chi connectivity index (χ1n) is 10.9. The molecule has 0 spiro atoms. The van der Waals surface area contributed by atoms with E-state index in [1.807, 2.05) is 4.90 Å². The summed E-state index contributed by atoms with van der Waals surface area (Å²) in [6.07, 6.45) is -2.67. The molecule has 0 saturated carbocycles. The first-order valence-corrected chi connectivity index (χ1v) is 13.4. The Morgan fingerprint density at radius 3 is 2.66 bits per heavy atom. The molecule has 2 N–H and O–H groups in total. The van der Waals surface area contributed by atoms with Gasteiger partial charge in [-0.3, -0.25) is 18.5 Å². The van der Waals surface area contributed by atoms with Crippen LogP contribution < -0.4 is 11.3 Å². The molecule has 1 fully saturated rings. The highest BCUT2D eigenvalue weighted by Crippen LogP contribution is 2.39. The Morgan fingerprint density at radius 1 is 1.29 bits per heavy atom. The monoisotopic (exact) mass is 590 g/mol. The molecule has 4 rings (SSSR count). The number of hydrogen-bond donors (Lipinski definition) is 1. The third-order valence-electron chi connectivity index (χ3n) is 6.03. The lowest BCUT2D eigenvalue weighted by Crippen LogP contribution is -2.28. The maximum Gasteiger partial charge on any atom is 0.416 e. The van der Waals surface area contributed by atoms with Gasteiger partial charge in [0.25, 0.3) is 5.56 Å². The maximum absolute atomic E-state index is 14.1. The number of fused-ring (bicyclic) bond motifs is 1. The van der Waals surface area contributed by atoms with Crippen molar-refractivity contribution in [3.63, 3.8) is 0 Å². The second-order valence-electron chi connectivity index (χ2n) is 8.46. The SMILES string of the molecule is CCS(=O)c1ccc(Cl)cc1Cn1cnc2c(Br)c(CN3CC[C@@H](N)C3)c(C(F)(F)F)cc2c1=O. The summed E-state index contributed by atoms with van der Waals surface area (Å²) in [7, 11) is -1.31. The van der Waals surface area contributed by atoms with Crippen molar-refractivity contribution in [2.24, 2.45) is 5.73 Å². The molecular weight excluding hydrogens is 569 g/mol. The number of aromatic nitrogens is 2. The summed E-state index contributed by atoms with van der Waals surface area (Å²) in [5.74, 6) is 0.367. The van der Waals surface area contributed by atoms with E-state index in [4.69, 9.17) is 17.3 Å². The molecule has 0 radical (unpaired) electrons. The van der Waals surface area contributed by atoms with Gasteiger partial charge in [-0.25, -0.2) is 4.98 Å². The molecule has 35 heavy (non-hydrogen) atoms.